The first-order chi connectivity index (χ1) is 22.3. The Bertz CT molecular complexity index is 1900. The summed E-state index contributed by atoms with van der Waals surface area (Å²) >= 11 is 0. The Labute approximate surface area is 273 Å². The molecule has 1 aliphatic carbocycles. The number of fused-ring (bicyclic) bond motifs is 2. The summed E-state index contributed by atoms with van der Waals surface area (Å²) in [7, 11) is 0.355. The van der Waals surface area contributed by atoms with Gasteiger partial charge in [-0.1, -0.05) is 87.0 Å². The molecule has 2 atom stereocenters. The number of allylic oxidation sites excluding steroid dienone is 3. The Balaban J connectivity index is 1.50. The summed E-state index contributed by atoms with van der Waals surface area (Å²) in [4.78, 5) is 2.49. The highest BCUT2D eigenvalue weighted by Gasteiger charge is 2.40. The molecule has 4 aromatic carbocycles. The lowest BCUT2D eigenvalue weighted by Crippen LogP contribution is -2.34. The van der Waals surface area contributed by atoms with Crippen LogP contribution >= 0.6 is 0 Å². The standard InChI is InChI=1S/C39H42N3O3S/c1-5-7-26-42(6-2)46(43,44)38-21-15-14-20-35(38)39-33-24-22-31(40(3)29-16-10-8-11-17-29)27-36(33)45-37-28-32(23-25-34(37)39)41(4)30-18-12-9-13-19-30/h8-25,27-28,33,39H,5-7,26H2,1-4H3/q+1. The van der Waals surface area contributed by atoms with Crippen molar-refractivity contribution in [1.82, 2.24) is 4.31 Å². The summed E-state index contributed by atoms with van der Waals surface area (Å²) in [6.45, 7) is 4.92. The summed E-state index contributed by atoms with van der Waals surface area (Å²) in [5, 5.41) is 0. The first-order valence-corrected chi connectivity index (χ1v) is 17.5. The maximum absolute atomic E-state index is 14.2. The van der Waals surface area contributed by atoms with Gasteiger partial charge >= 0.3 is 0 Å². The maximum atomic E-state index is 14.2. The number of anilines is 2. The topological polar surface area (TPSA) is 52.9 Å². The number of unbranched alkanes of at least 4 members (excludes halogenated alkanes) is 1. The van der Waals surface area contributed by atoms with Crippen LogP contribution in [0.3, 0.4) is 0 Å². The van der Waals surface area contributed by atoms with E-state index in [1.807, 2.05) is 75.6 Å². The fourth-order valence-electron chi connectivity index (χ4n) is 6.42. The fourth-order valence-corrected chi connectivity index (χ4v) is 8.15. The molecule has 0 saturated heterocycles. The van der Waals surface area contributed by atoms with Gasteiger partial charge in [0, 0.05) is 79.3 Å². The van der Waals surface area contributed by atoms with E-state index in [1.165, 1.54) is 0 Å². The second-order valence-corrected chi connectivity index (χ2v) is 13.7. The van der Waals surface area contributed by atoms with Crippen molar-refractivity contribution < 1.29 is 17.7 Å². The first kappa shape index (κ1) is 31.5. The van der Waals surface area contributed by atoms with E-state index < -0.39 is 10.0 Å². The van der Waals surface area contributed by atoms with E-state index in [9.17, 15) is 8.42 Å². The lowest BCUT2D eigenvalue weighted by atomic mass is 9.75. The maximum Gasteiger partial charge on any atom is 0.243 e. The molecule has 0 fully saturated rings. The van der Waals surface area contributed by atoms with Crippen LogP contribution in [-0.2, 0) is 10.0 Å². The number of hydrogen-bond donors (Lipinski definition) is 0. The highest BCUT2D eigenvalue weighted by atomic mass is 32.2. The zero-order valence-electron chi connectivity index (χ0n) is 27.0. The molecule has 46 heavy (non-hydrogen) atoms. The minimum absolute atomic E-state index is 0.180. The van der Waals surface area contributed by atoms with Gasteiger partial charge in [-0.2, -0.15) is 8.88 Å². The van der Waals surface area contributed by atoms with E-state index in [0.717, 1.165) is 58.3 Å². The molecule has 7 heteroatoms. The molecule has 1 aliphatic heterocycles. The third-order valence-electron chi connectivity index (χ3n) is 9.06. The highest BCUT2D eigenvalue weighted by Crippen LogP contribution is 2.50. The number of hydrogen-bond acceptors (Lipinski definition) is 4. The number of ether oxygens (including phenoxy) is 1. The molecule has 0 radical (unpaired) electrons. The Hall–Kier alpha value is -4.46. The van der Waals surface area contributed by atoms with Gasteiger partial charge in [-0.05, 0) is 36.2 Å². The molecule has 2 aliphatic rings. The second-order valence-electron chi connectivity index (χ2n) is 11.8. The molecule has 6 rings (SSSR count). The van der Waals surface area contributed by atoms with Crippen molar-refractivity contribution in [2.24, 2.45) is 5.92 Å². The molecule has 0 N–H and O–H groups in total. The van der Waals surface area contributed by atoms with Gasteiger partial charge in [0.15, 0.2) is 0 Å². The SMILES string of the molecule is CCCCN(CC)S(=O)(=O)c1ccccc1C1c2ccc(N(C)c3ccccc3)cc2OC2=CC(=[N+](C)c3ccccc3)C=CC21. The molecule has 0 saturated carbocycles. The molecule has 6 nitrogen and oxygen atoms in total. The summed E-state index contributed by atoms with van der Waals surface area (Å²) in [5.74, 6) is 1.08. The van der Waals surface area contributed by atoms with E-state index in [-0.39, 0.29) is 11.8 Å². The van der Waals surface area contributed by atoms with Crippen molar-refractivity contribution in [3.63, 3.8) is 0 Å². The molecule has 236 valence electrons. The van der Waals surface area contributed by atoms with Crippen LogP contribution in [0.4, 0.5) is 17.1 Å². The van der Waals surface area contributed by atoms with Gasteiger partial charge in [0.2, 0.25) is 21.4 Å². The smallest absolute Gasteiger partial charge is 0.243 e. The van der Waals surface area contributed by atoms with Gasteiger partial charge < -0.3 is 9.64 Å². The zero-order chi connectivity index (χ0) is 32.3. The molecule has 1 heterocycles. The highest BCUT2D eigenvalue weighted by molar-refractivity contribution is 7.89. The molecule has 2 unspecified atom stereocenters. The Morgan fingerprint density at radius 1 is 0.826 bits per heavy atom. The third kappa shape index (κ3) is 6.05. The predicted octanol–water partition coefficient (Wildman–Crippen LogP) is 8.27. The average Bonchev–Trinajstić information content (AvgIpc) is 3.10. The predicted molar refractivity (Wildman–Crippen MR) is 187 cm³/mol. The summed E-state index contributed by atoms with van der Waals surface area (Å²) in [6, 6.07) is 34.2. The van der Waals surface area contributed by atoms with Crippen LogP contribution in [0.25, 0.3) is 0 Å². The van der Waals surface area contributed by atoms with Crippen LogP contribution in [0.5, 0.6) is 5.75 Å². The first-order valence-electron chi connectivity index (χ1n) is 16.1. The fraction of sp³-hybridized carbons (Fsp3) is 0.256. The molecule has 0 aromatic heterocycles. The number of benzene rings is 4. The molecule has 0 spiro atoms. The van der Waals surface area contributed by atoms with E-state index in [1.54, 1.807) is 10.4 Å². The van der Waals surface area contributed by atoms with Crippen LogP contribution in [0.1, 0.15) is 43.7 Å². The van der Waals surface area contributed by atoms with Crippen molar-refractivity contribution >= 4 is 32.8 Å². The van der Waals surface area contributed by atoms with Gasteiger partial charge in [-0.3, -0.25) is 0 Å². The van der Waals surface area contributed by atoms with Crippen LogP contribution in [-0.4, -0.2) is 50.2 Å². The van der Waals surface area contributed by atoms with Crippen molar-refractivity contribution in [1.29, 1.82) is 0 Å². The van der Waals surface area contributed by atoms with Crippen LogP contribution in [0.2, 0.25) is 0 Å². The number of sulfonamides is 1. The average molecular weight is 633 g/mol. The second kappa shape index (κ2) is 13.5. The summed E-state index contributed by atoms with van der Waals surface area (Å²) in [6.07, 6.45) is 8.13. The lowest BCUT2D eigenvalue weighted by Gasteiger charge is -2.37. The zero-order valence-corrected chi connectivity index (χ0v) is 27.8. The van der Waals surface area contributed by atoms with E-state index in [2.05, 4.69) is 77.1 Å². The van der Waals surface area contributed by atoms with Gasteiger partial charge in [-0.25, -0.2) is 8.42 Å². The van der Waals surface area contributed by atoms with Crippen LogP contribution in [0.15, 0.2) is 132 Å². The summed E-state index contributed by atoms with van der Waals surface area (Å²) < 4.78 is 39.0. The quantitative estimate of drug-likeness (QED) is 0.165. The summed E-state index contributed by atoms with van der Waals surface area (Å²) in [5.41, 5.74) is 5.87. The number of rotatable bonds is 10. The van der Waals surface area contributed by atoms with Crippen LogP contribution in [0, 0.1) is 5.92 Å². The van der Waals surface area contributed by atoms with Gasteiger partial charge in [-0.15, -0.1) is 0 Å². The Kier molecular flexibility index (Phi) is 9.24. The van der Waals surface area contributed by atoms with Crippen molar-refractivity contribution in [2.75, 3.05) is 32.1 Å². The van der Waals surface area contributed by atoms with E-state index in [0.29, 0.717) is 18.0 Å². The van der Waals surface area contributed by atoms with Crippen molar-refractivity contribution in [3.8, 4) is 5.75 Å². The largest absolute Gasteiger partial charge is 0.460 e. The van der Waals surface area contributed by atoms with Gasteiger partial charge in [0.05, 0.1) is 4.90 Å². The Morgan fingerprint density at radius 2 is 1.52 bits per heavy atom. The van der Waals surface area contributed by atoms with Crippen molar-refractivity contribution in [3.05, 3.63) is 138 Å². The van der Waals surface area contributed by atoms with E-state index >= 15 is 0 Å². The molecule has 4 aromatic rings. The minimum Gasteiger partial charge on any atom is -0.460 e. The number of para-hydroxylation sites is 2. The van der Waals surface area contributed by atoms with Gasteiger partial charge in [0.1, 0.15) is 18.6 Å². The molecule has 0 amide bonds. The third-order valence-corrected chi connectivity index (χ3v) is 11.1. The number of nitrogens with zero attached hydrogens (tertiary/aromatic N) is 3. The normalized spacial score (nSPS) is 18.3. The van der Waals surface area contributed by atoms with Crippen LogP contribution < -0.4 is 9.64 Å². The molecular weight excluding hydrogens is 591 g/mol. The molecule has 0 bridgehead atoms. The monoisotopic (exact) mass is 632 g/mol. The van der Waals surface area contributed by atoms with Crippen molar-refractivity contribution in [2.45, 2.75) is 37.5 Å². The van der Waals surface area contributed by atoms with E-state index in [4.69, 9.17) is 4.74 Å². The van der Waals surface area contributed by atoms with Gasteiger partial charge in [0.25, 0.3) is 0 Å². The minimum atomic E-state index is -3.73. The lowest BCUT2D eigenvalue weighted by molar-refractivity contribution is -0.403. The Morgan fingerprint density at radius 3 is 2.24 bits per heavy atom. The molecular formula is C39H42N3O3S+.